The van der Waals surface area contributed by atoms with Gasteiger partial charge in [-0.1, -0.05) is 23.8 Å². The second-order valence-corrected chi connectivity index (χ2v) is 3.55. The fourth-order valence-electron chi connectivity index (χ4n) is 1.20. The fourth-order valence-corrected chi connectivity index (χ4v) is 1.33. The lowest BCUT2D eigenvalue weighted by molar-refractivity contribution is 0.696. The summed E-state index contributed by atoms with van der Waals surface area (Å²) >= 11 is 5.75. The summed E-state index contributed by atoms with van der Waals surface area (Å²) in [5.74, 6) is 0. The van der Waals surface area contributed by atoms with E-state index in [0.717, 1.165) is 11.1 Å². The van der Waals surface area contributed by atoms with Crippen LogP contribution in [0.1, 0.15) is 6.92 Å². The van der Waals surface area contributed by atoms with Crippen molar-refractivity contribution in [1.29, 1.82) is 0 Å². The van der Waals surface area contributed by atoms with Crippen molar-refractivity contribution in [3.63, 3.8) is 0 Å². The van der Waals surface area contributed by atoms with Gasteiger partial charge >= 0.3 is 0 Å². The Kier molecular flexibility index (Phi) is 2.21. The molecular weight excluding hydrogens is 200 g/mol. The number of aromatic nitrogens is 4. The quantitative estimate of drug-likeness (QED) is 0.710. The standard InChI is InChI=1S/C9H9ClN4/c1-6(2)5-14-9-7(3-12-14)11-4-8(10)13-9/h3-4H,1,5H2,2H3. The van der Waals surface area contributed by atoms with Crippen LogP contribution >= 0.6 is 11.6 Å². The Balaban J connectivity index is 2.55. The van der Waals surface area contributed by atoms with Crippen molar-refractivity contribution in [2.75, 3.05) is 0 Å². The first kappa shape index (κ1) is 9.15. The normalized spacial score (nSPS) is 10.7. The zero-order valence-electron chi connectivity index (χ0n) is 7.74. The number of nitrogens with zero attached hydrogens (tertiary/aromatic N) is 4. The van der Waals surface area contributed by atoms with Gasteiger partial charge in [0.05, 0.1) is 18.9 Å². The maximum absolute atomic E-state index is 5.75. The van der Waals surface area contributed by atoms with Crippen molar-refractivity contribution in [3.8, 4) is 0 Å². The highest BCUT2D eigenvalue weighted by Crippen LogP contribution is 2.12. The Labute approximate surface area is 86.2 Å². The average Bonchev–Trinajstić information content (AvgIpc) is 2.47. The highest BCUT2D eigenvalue weighted by molar-refractivity contribution is 6.29. The van der Waals surface area contributed by atoms with Crippen LogP contribution in [0, 0.1) is 0 Å². The molecule has 0 aliphatic heterocycles. The molecule has 2 aromatic rings. The minimum Gasteiger partial charge on any atom is -0.248 e. The molecule has 2 rings (SSSR count). The van der Waals surface area contributed by atoms with Gasteiger partial charge in [0.2, 0.25) is 0 Å². The molecule has 2 aromatic heterocycles. The highest BCUT2D eigenvalue weighted by Gasteiger charge is 2.05. The fraction of sp³-hybridized carbons (Fsp3) is 0.222. The monoisotopic (exact) mass is 208 g/mol. The lowest BCUT2D eigenvalue weighted by Gasteiger charge is -2.00. The van der Waals surface area contributed by atoms with Crippen molar-refractivity contribution in [2.45, 2.75) is 13.5 Å². The third kappa shape index (κ3) is 1.61. The molecule has 0 unspecified atom stereocenters. The van der Waals surface area contributed by atoms with Crippen LogP contribution in [0.15, 0.2) is 24.5 Å². The molecule has 0 bridgehead atoms. The molecule has 0 fully saturated rings. The van der Waals surface area contributed by atoms with Gasteiger partial charge in [-0.2, -0.15) is 5.10 Å². The van der Waals surface area contributed by atoms with E-state index in [0.29, 0.717) is 17.3 Å². The maximum atomic E-state index is 5.75. The van der Waals surface area contributed by atoms with E-state index >= 15 is 0 Å². The van der Waals surface area contributed by atoms with Crippen LogP contribution in [0.5, 0.6) is 0 Å². The summed E-state index contributed by atoms with van der Waals surface area (Å²) in [5.41, 5.74) is 2.45. The van der Waals surface area contributed by atoms with Crippen LogP contribution in [-0.2, 0) is 6.54 Å². The van der Waals surface area contributed by atoms with Crippen molar-refractivity contribution in [2.24, 2.45) is 0 Å². The van der Waals surface area contributed by atoms with Crippen molar-refractivity contribution >= 4 is 22.8 Å². The molecule has 0 radical (unpaired) electrons. The van der Waals surface area contributed by atoms with Crippen molar-refractivity contribution in [3.05, 3.63) is 29.7 Å². The van der Waals surface area contributed by atoms with Crippen molar-refractivity contribution < 1.29 is 0 Å². The summed E-state index contributed by atoms with van der Waals surface area (Å²) < 4.78 is 1.73. The SMILES string of the molecule is C=C(C)Cn1ncc2ncc(Cl)nc21. The highest BCUT2D eigenvalue weighted by atomic mass is 35.5. The molecule has 5 heteroatoms. The van der Waals surface area contributed by atoms with Crippen LogP contribution in [0.4, 0.5) is 0 Å². The molecule has 0 spiro atoms. The number of rotatable bonds is 2. The van der Waals surface area contributed by atoms with E-state index in [2.05, 4.69) is 21.6 Å². The predicted octanol–water partition coefficient (Wildman–Crippen LogP) is 2.06. The Bertz CT molecular complexity index is 489. The van der Waals surface area contributed by atoms with Gasteiger partial charge in [-0.25, -0.2) is 14.6 Å². The van der Waals surface area contributed by atoms with Crippen LogP contribution < -0.4 is 0 Å². The lowest BCUT2D eigenvalue weighted by Crippen LogP contribution is -2.01. The van der Waals surface area contributed by atoms with Gasteiger partial charge in [-0.15, -0.1) is 0 Å². The van der Waals surface area contributed by atoms with Gasteiger partial charge in [-0.3, -0.25) is 0 Å². The Morgan fingerprint density at radius 1 is 1.57 bits per heavy atom. The van der Waals surface area contributed by atoms with Crippen LogP contribution in [0.25, 0.3) is 11.2 Å². The third-order valence-corrected chi connectivity index (χ3v) is 1.92. The Morgan fingerprint density at radius 2 is 2.36 bits per heavy atom. The number of hydrogen-bond acceptors (Lipinski definition) is 3. The van der Waals surface area contributed by atoms with Crippen LogP contribution in [-0.4, -0.2) is 19.7 Å². The first-order valence-electron chi connectivity index (χ1n) is 4.15. The summed E-state index contributed by atoms with van der Waals surface area (Å²) in [6.07, 6.45) is 3.18. The van der Waals surface area contributed by atoms with Gasteiger partial charge in [0.25, 0.3) is 0 Å². The predicted molar refractivity (Wildman–Crippen MR) is 55.1 cm³/mol. The molecule has 72 valence electrons. The topological polar surface area (TPSA) is 43.6 Å². The average molecular weight is 209 g/mol. The number of allylic oxidation sites excluding steroid dienone is 1. The molecule has 0 atom stereocenters. The number of hydrogen-bond donors (Lipinski definition) is 0. The zero-order valence-corrected chi connectivity index (χ0v) is 8.49. The molecule has 2 heterocycles. The summed E-state index contributed by atoms with van der Waals surface area (Å²) in [5, 5.41) is 4.52. The maximum Gasteiger partial charge on any atom is 0.178 e. The molecule has 0 saturated heterocycles. The molecule has 14 heavy (non-hydrogen) atoms. The van der Waals surface area contributed by atoms with Gasteiger partial charge < -0.3 is 0 Å². The van der Waals surface area contributed by atoms with E-state index in [1.807, 2.05) is 6.92 Å². The summed E-state index contributed by atoms with van der Waals surface area (Å²) in [6.45, 7) is 6.39. The summed E-state index contributed by atoms with van der Waals surface area (Å²) in [4.78, 5) is 8.25. The first-order chi connectivity index (χ1) is 6.66. The first-order valence-corrected chi connectivity index (χ1v) is 4.53. The molecule has 0 saturated carbocycles. The molecular formula is C9H9ClN4. The zero-order chi connectivity index (χ0) is 10.1. The third-order valence-electron chi connectivity index (χ3n) is 1.74. The number of fused-ring (bicyclic) bond motifs is 1. The molecule has 0 aliphatic rings. The largest absolute Gasteiger partial charge is 0.248 e. The van der Waals surface area contributed by atoms with Crippen molar-refractivity contribution in [1.82, 2.24) is 19.7 Å². The minimum atomic E-state index is 0.376. The Morgan fingerprint density at radius 3 is 3.07 bits per heavy atom. The smallest absolute Gasteiger partial charge is 0.178 e. The molecule has 0 N–H and O–H groups in total. The van der Waals surface area contributed by atoms with E-state index < -0.39 is 0 Å². The van der Waals surface area contributed by atoms with Gasteiger partial charge in [0.15, 0.2) is 5.65 Å². The molecule has 4 nitrogen and oxygen atoms in total. The van der Waals surface area contributed by atoms with E-state index in [1.54, 1.807) is 10.9 Å². The molecule has 0 aromatic carbocycles. The van der Waals surface area contributed by atoms with Crippen LogP contribution in [0.3, 0.4) is 0 Å². The van der Waals surface area contributed by atoms with Gasteiger partial charge in [0, 0.05) is 0 Å². The van der Waals surface area contributed by atoms with E-state index in [1.165, 1.54) is 6.20 Å². The van der Waals surface area contributed by atoms with E-state index in [-0.39, 0.29) is 0 Å². The van der Waals surface area contributed by atoms with Gasteiger partial charge in [-0.05, 0) is 6.92 Å². The molecule has 0 amide bonds. The second kappa shape index (κ2) is 3.38. The van der Waals surface area contributed by atoms with E-state index in [9.17, 15) is 0 Å². The second-order valence-electron chi connectivity index (χ2n) is 3.16. The van der Waals surface area contributed by atoms with E-state index in [4.69, 9.17) is 11.6 Å². The minimum absolute atomic E-state index is 0.376. The molecule has 0 aliphatic carbocycles. The van der Waals surface area contributed by atoms with Crippen LogP contribution in [0.2, 0.25) is 5.15 Å². The summed E-state index contributed by atoms with van der Waals surface area (Å²) in [7, 11) is 0. The summed E-state index contributed by atoms with van der Waals surface area (Å²) in [6, 6.07) is 0. The number of halogens is 1. The van der Waals surface area contributed by atoms with Gasteiger partial charge in [0.1, 0.15) is 10.7 Å². The Hall–Kier alpha value is -1.42. The lowest BCUT2D eigenvalue weighted by atomic mass is 10.3.